The summed E-state index contributed by atoms with van der Waals surface area (Å²) in [5.74, 6) is -0.325. The van der Waals surface area contributed by atoms with Crippen LogP contribution in [0.3, 0.4) is 0 Å². The van der Waals surface area contributed by atoms with Gasteiger partial charge in [0, 0.05) is 11.6 Å². The minimum Gasteiger partial charge on any atom is -0.207 e. The van der Waals surface area contributed by atoms with Gasteiger partial charge < -0.3 is 0 Å². The largest absolute Gasteiger partial charge is 0.243 e. The Labute approximate surface area is 134 Å². The third-order valence-electron chi connectivity index (χ3n) is 3.88. The predicted octanol–water partition coefficient (Wildman–Crippen LogP) is 4.00. The summed E-state index contributed by atoms with van der Waals surface area (Å²) in [5, 5.41) is 0.496. The molecule has 6 heteroatoms. The number of hydrogen-bond acceptors (Lipinski definition) is 2. The van der Waals surface area contributed by atoms with Gasteiger partial charge in [-0.15, -0.1) is 0 Å². The van der Waals surface area contributed by atoms with E-state index in [-0.39, 0.29) is 16.8 Å². The molecule has 0 aliphatic carbocycles. The molecule has 1 saturated heterocycles. The van der Waals surface area contributed by atoms with Crippen molar-refractivity contribution in [3.05, 3.63) is 64.9 Å². The van der Waals surface area contributed by atoms with E-state index in [0.29, 0.717) is 11.6 Å². The molecule has 2 aromatic rings. The highest BCUT2D eigenvalue weighted by molar-refractivity contribution is 7.89. The molecule has 0 saturated carbocycles. The molecule has 22 heavy (non-hydrogen) atoms. The Morgan fingerprint density at radius 1 is 1.05 bits per heavy atom. The average Bonchev–Trinajstić information content (AvgIpc) is 2.99. The molecule has 1 atom stereocenters. The van der Waals surface area contributed by atoms with Gasteiger partial charge in [-0.25, -0.2) is 12.8 Å². The molecule has 3 rings (SSSR count). The monoisotopic (exact) mass is 339 g/mol. The van der Waals surface area contributed by atoms with Gasteiger partial charge in [0.15, 0.2) is 0 Å². The van der Waals surface area contributed by atoms with Crippen LogP contribution in [0.1, 0.15) is 24.4 Å². The standard InChI is InChI=1S/C16H15ClFNO2S/c17-13-5-9-15(10-6-13)22(20,21)19-11-1-2-16(19)12-3-7-14(18)8-4-12/h3-10,16H,1-2,11H2/t16-/m0/s1. The van der Waals surface area contributed by atoms with Gasteiger partial charge in [0.1, 0.15) is 5.82 Å². The summed E-state index contributed by atoms with van der Waals surface area (Å²) in [5.41, 5.74) is 0.816. The molecule has 0 radical (unpaired) electrons. The molecule has 3 nitrogen and oxygen atoms in total. The van der Waals surface area contributed by atoms with Gasteiger partial charge in [-0.2, -0.15) is 4.31 Å². The van der Waals surface area contributed by atoms with Gasteiger partial charge in [0.05, 0.1) is 10.9 Å². The van der Waals surface area contributed by atoms with E-state index >= 15 is 0 Å². The maximum atomic E-state index is 13.1. The van der Waals surface area contributed by atoms with Crippen molar-refractivity contribution in [3.8, 4) is 0 Å². The van der Waals surface area contributed by atoms with Crippen LogP contribution in [0.2, 0.25) is 5.02 Å². The number of sulfonamides is 1. The number of benzene rings is 2. The molecule has 0 amide bonds. The molecule has 0 aromatic heterocycles. The number of rotatable bonds is 3. The fourth-order valence-electron chi connectivity index (χ4n) is 2.79. The van der Waals surface area contributed by atoms with Gasteiger partial charge in [0.25, 0.3) is 0 Å². The zero-order chi connectivity index (χ0) is 15.7. The quantitative estimate of drug-likeness (QED) is 0.847. The van der Waals surface area contributed by atoms with Crippen LogP contribution in [0.25, 0.3) is 0 Å². The molecule has 2 aromatic carbocycles. The molecule has 0 N–H and O–H groups in total. The second-order valence-corrected chi connectivity index (χ2v) is 7.61. The fraction of sp³-hybridized carbons (Fsp3) is 0.250. The van der Waals surface area contributed by atoms with E-state index in [0.717, 1.165) is 18.4 Å². The van der Waals surface area contributed by atoms with E-state index < -0.39 is 10.0 Å². The minimum atomic E-state index is -3.58. The summed E-state index contributed by atoms with van der Waals surface area (Å²) in [4.78, 5) is 0.228. The summed E-state index contributed by atoms with van der Waals surface area (Å²) in [7, 11) is -3.58. The first-order valence-corrected chi connectivity index (χ1v) is 8.83. The van der Waals surface area contributed by atoms with Crippen LogP contribution < -0.4 is 0 Å². The molecule has 0 spiro atoms. The Kier molecular flexibility index (Phi) is 4.21. The van der Waals surface area contributed by atoms with E-state index in [1.807, 2.05) is 0 Å². The highest BCUT2D eigenvalue weighted by Crippen LogP contribution is 2.36. The highest BCUT2D eigenvalue weighted by atomic mass is 35.5. The maximum absolute atomic E-state index is 13.1. The SMILES string of the molecule is O=S(=O)(c1ccc(Cl)cc1)N1CCC[C@H]1c1ccc(F)cc1. The van der Waals surface area contributed by atoms with Crippen molar-refractivity contribution in [2.45, 2.75) is 23.8 Å². The summed E-state index contributed by atoms with van der Waals surface area (Å²) < 4.78 is 40.2. The Bertz CT molecular complexity index is 760. The van der Waals surface area contributed by atoms with Crippen molar-refractivity contribution < 1.29 is 12.8 Å². The lowest BCUT2D eigenvalue weighted by Gasteiger charge is -2.24. The molecule has 1 aliphatic heterocycles. The topological polar surface area (TPSA) is 37.4 Å². The molecule has 1 fully saturated rings. The maximum Gasteiger partial charge on any atom is 0.243 e. The first kappa shape index (κ1) is 15.5. The van der Waals surface area contributed by atoms with Crippen LogP contribution in [-0.2, 0) is 10.0 Å². The van der Waals surface area contributed by atoms with Crippen LogP contribution in [0.5, 0.6) is 0 Å². The van der Waals surface area contributed by atoms with E-state index in [4.69, 9.17) is 11.6 Å². The summed E-state index contributed by atoms with van der Waals surface area (Å²) in [6.45, 7) is 0.465. The number of nitrogens with zero attached hydrogens (tertiary/aromatic N) is 1. The van der Waals surface area contributed by atoms with Gasteiger partial charge in [-0.05, 0) is 54.8 Å². The van der Waals surface area contributed by atoms with Crippen molar-refractivity contribution in [2.24, 2.45) is 0 Å². The van der Waals surface area contributed by atoms with Crippen molar-refractivity contribution in [1.29, 1.82) is 0 Å². The summed E-state index contributed by atoms with van der Waals surface area (Å²) in [6.07, 6.45) is 1.52. The van der Waals surface area contributed by atoms with E-state index in [2.05, 4.69) is 0 Å². The van der Waals surface area contributed by atoms with Crippen molar-refractivity contribution in [1.82, 2.24) is 4.31 Å². The fourth-order valence-corrected chi connectivity index (χ4v) is 4.60. The zero-order valence-electron chi connectivity index (χ0n) is 11.7. The smallest absolute Gasteiger partial charge is 0.207 e. The lowest BCUT2D eigenvalue weighted by molar-refractivity contribution is 0.396. The van der Waals surface area contributed by atoms with E-state index in [1.165, 1.54) is 28.6 Å². The van der Waals surface area contributed by atoms with Crippen LogP contribution in [0.4, 0.5) is 4.39 Å². The van der Waals surface area contributed by atoms with Gasteiger partial charge in [-0.3, -0.25) is 0 Å². The summed E-state index contributed by atoms with van der Waals surface area (Å²) in [6, 6.07) is 11.9. The molecule has 116 valence electrons. The first-order valence-electron chi connectivity index (χ1n) is 7.01. The summed E-state index contributed by atoms with van der Waals surface area (Å²) >= 11 is 5.82. The van der Waals surface area contributed by atoms with Crippen molar-refractivity contribution in [3.63, 3.8) is 0 Å². The molecular formula is C16H15ClFNO2S. The first-order chi connectivity index (χ1) is 10.5. The third kappa shape index (κ3) is 2.89. The average molecular weight is 340 g/mol. The van der Waals surface area contributed by atoms with E-state index in [1.54, 1.807) is 24.3 Å². The Balaban J connectivity index is 1.95. The molecule has 1 heterocycles. The van der Waals surface area contributed by atoms with Gasteiger partial charge in [0.2, 0.25) is 10.0 Å². The highest BCUT2D eigenvalue weighted by Gasteiger charge is 2.36. The second-order valence-electron chi connectivity index (χ2n) is 5.28. The van der Waals surface area contributed by atoms with Crippen molar-refractivity contribution in [2.75, 3.05) is 6.54 Å². The molecular weight excluding hydrogens is 325 g/mol. The van der Waals surface area contributed by atoms with Crippen LogP contribution in [0, 0.1) is 5.82 Å². The molecule has 1 aliphatic rings. The minimum absolute atomic E-state index is 0.228. The lowest BCUT2D eigenvalue weighted by atomic mass is 10.1. The van der Waals surface area contributed by atoms with E-state index in [9.17, 15) is 12.8 Å². The number of halogens is 2. The zero-order valence-corrected chi connectivity index (χ0v) is 13.3. The van der Waals surface area contributed by atoms with Crippen LogP contribution in [-0.4, -0.2) is 19.3 Å². The van der Waals surface area contributed by atoms with Crippen LogP contribution >= 0.6 is 11.6 Å². The Morgan fingerprint density at radius 2 is 1.68 bits per heavy atom. The molecule has 0 unspecified atom stereocenters. The second kappa shape index (κ2) is 5.99. The molecule has 0 bridgehead atoms. The van der Waals surface area contributed by atoms with Gasteiger partial charge >= 0.3 is 0 Å². The Hall–Kier alpha value is -1.43. The number of hydrogen-bond donors (Lipinski definition) is 0. The predicted molar refractivity (Wildman–Crippen MR) is 83.7 cm³/mol. The van der Waals surface area contributed by atoms with Crippen molar-refractivity contribution >= 4 is 21.6 Å². The third-order valence-corrected chi connectivity index (χ3v) is 6.05. The lowest BCUT2D eigenvalue weighted by Crippen LogP contribution is -2.30. The normalized spacial score (nSPS) is 19.5. The van der Waals surface area contributed by atoms with Gasteiger partial charge in [-0.1, -0.05) is 23.7 Å². The van der Waals surface area contributed by atoms with Crippen LogP contribution in [0.15, 0.2) is 53.4 Å². The Morgan fingerprint density at radius 3 is 2.32 bits per heavy atom.